The van der Waals surface area contributed by atoms with E-state index in [4.69, 9.17) is 4.74 Å². The molecule has 1 aliphatic rings. The molecular formula is C18H18N2O4. The summed E-state index contributed by atoms with van der Waals surface area (Å²) >= 11 is 0. The number of aryl methyl sites for hydroxylation is 1. The molecule has 0 fully saturated rings. The van der Waals surface area contributed by atoms with Crippen LogP contribution in [0.1, 0.15) is 18.1 Å². The third-order valence-corrected chi connectivity index (χ3v) is 4.12. The van der Waals surface area contributed by atoms with Gasteiger partial charge in [-0.3, -0.25) is 14.9 Å². The SMILES string of the molecule is Cc1ccc(O[C@H](C)C(=O)N2CCc3ccc([N+](=O)[O-])cc32)cc1. The van der Waals surface area contributed by atoms with Crippen molar-refractivity contribution < 1.29 is 14.5 Å². The first-order valence-corrected chi connectivity index (χ1v) is 7.78. The van der Waals surface area contributed by atoms with Crippen LogP contribution in [0, 0.1) is 17.0 Å². The number of carbonyl (C=O) groups excluding carboxylic acids is 1. The second kappa shape index (κ2) is 6.31. The fourth-order valence-electron chi connectivity index (χ4n) is 2.80. The minimum Gasteiger partial charge on any atom is -0.481 e. The monoisotopic (exact) mass is 326 g/mol. The molecule has 6 nitrogen and oxygen atoms in total. The summed E-state index contributed by atoms with van der Waals surface area (Å²) in [4.78, 5) is 24.8. The maximum atomic E-state index is 12.7. The maximum absolute atomic E-state index is 12.7. The third kappa shape index (κ3) is 3.08. The van der Waals surface area contributed by atoms with Crippen LogP contribution in [-0.2, 0) is 11.2 Å². The van der Waals surface area contributed by atoms with Crippen molar-refractivity contribution in [3.8, 4) is 5.75 Å². The number of anilines is 1. The van der Waals surface area contributed by atoms with Gasteiger partial charge in [-0.25, -0.2) is 0 Å². The highest BCUT2D eigenvalue weighted by Gasteiger charge is 2.30. The lowest BCUT2D eigenvalue weighted by Gasteiger charge is -2.22. The van der Waals surface area contributed by atoms with Gasteiger partial charge in [0.25, 0.3) is 11.6 Å². The average Bonchev–Trinajstić information content (AvgIpc) is 2.99. The van der Waals surface area contributed by atoms with Gasteiger partial charge in [0.2, 0.25) is 0 Å². The number of carbonyl (C=O) groups is 1. The zero-order valence-corrected chi connectivity index (χ0v) is 13.6. The highest BCUT2D eigenvalue weighted by atomic mass is 16.6. The van der Waals surface area contributed by atoms with Crippen molar-refractivity contribution in [2.45, 2.75) is 26.4 Å². The van der Waals surface area contributed by atoms with E-state index in [1.54, 1.807) is 17.9 Å². The van der Waals surface area contributed by atoms with Crippen LogP contribution < -0.4 is 9.64 Å². The molecule has 1 amide bonds. The van der Waals surface area contributed by atoms with Crippen molar-refractivity contribution >= 4 is 17.3 Å². The molecule has 1 aliphatic heterocycles. The summed E-state index contributed by atoms with van der Waals surface area (Å²) in [5, 5.41) is 11.0. The molecule has 6 heteroatoms. The van der Waals surface area contributed by atoms with Crippen LogP contribution in [0.2, 0.25) is 0 Å². The van der Waals surface area contributed by atoms with E-state index in [0.717, 1.165) is 11.1 Å². The molecular weight excluding hydrogens is 308 g/mol. The lowest BCUT2D eigenvalue weighted by atomic mass is 10.1. The summed E-state index contributed by atoms with van der Waals surface area (Å²) in [5.41, 5.74) is 2.65. The number of rotatable bonds is 4. The fourth-order valence-corrected chi connectivity index (χ4v) is 2.80. The van der Waals surface area contributed by atoms with E-state index in [-0.39, 0.29) is 11.6 Å². The van der Waals surface area contributed by atoms with E-state index < -0.39 is 11.0 Å². The molecule has 2 aromatic rings. The van der Waals surface area contributed by atoms with Gasteiger partial charge in [0.15, 0.2) is 6.10 Å². The van der Waals surface area contributed by atoms with Gasteiger partial charge in [-0.15, -0.1) is 0 Å². The second-order valence-electron chi connectivity index (χ2n) is 5.88. The number of fused-ring (bicyclic) bond motifs is 1. The molecule has 0 saturated heterocycles. The Morgan fingerprint density at radius 1 is 1.25 bits per heavy atom. The van der Waals surface area contributed by atoms with Crippen LogP contribution in [0.5, 0.6) is 5.75 Å². The van der Waals surface area contributed by atoms with Gasteiger partial charge in [-0.1, -0.05) is 23.8 Å². The Labute approximate surface area is 139 Å². The molecule has 0 saturated carbocycles. The average molecular weight is 326 g/mol. The molecule has 0 spiro atoms. The minimum absolute atomic E-state index is 0.0134. The number of non-ortho nitro benzene ring substituents is 1. The third-order valence-electron chi connectivity index (χ3n) is 4.12. The number of benzene rings is 2. The highest BCUT2D eigenvalue weighted by molar-refractivity contribution is 5.98. The smallest absolute Gasteiger partial charge is 0.271 e. The number of nitrogens with zero attached hydrogens (tertiary/aromatic N) is 2. The largest absolute Gasteiger partial charge is 0.481 e. The maximum Gasteiger partial charge on any atom is 0.271 e. The summed E-state index contributed by atoms with van der Waals surface area (Å²) < 4.78 is 5.71. The van der Waals surface area contributed by atoms with Crippen LogP contribution in [0.15, 0.2) is 42.5 Å². The first-order valence-electron chi connectivity index (χ1n) is 7.78. The van der Waals surface area contributed by atoms with Crippen LogP contribution in [0.25, 0.3) is 0 Å². The number of hydrogen-bond acceptors (Lipinski definition) is 4. The summed E-state index contributed by atoms with van der Waals surface area (Å²) in [5.74, 6) is 0.426. The lowest BCUT2D eigenvalue weighted by molar-refractivity contribution is -0.384. The number of hydrogen-bond donors (Lipinski definition) is 0. The summed E-state index contributed by atoms with van der Waals surface area (Å²) in [6.07, 6.45) is 0.0222. The molecule has 0 radical (unpaired) electrons. The Morgan fingerprint density at radius 2 is 1.96 bits per heavy atom. The first kappa shape index (κ1) is 16.0. The molecule has 24 heavy (non-hydrogen) atoms. The molecule has 1 atom stereocenters. The van der Waals surface area contributed by atoms with E-state index in [2.05, 4.69) is 0 Å². The van der Waals surface area contributed by atoms with Crippen molar-refractivity contribution in [3.05, 3.63) is 63.7 Å². The zero-order valence-electron chi connectivity index (χ0n) is 13.6. The van der Waals surface area contributed by atoms with Gasteiger partial charge in [0.1, 0.15) is 5.75 Å². The first-order chi connectivity index (χ1) is 11.5. The van der Waals surface area contributed by atoms with Crippen LogP contribution in [0.3, 0.4) is 0 Å². The van der Waals surface area contributed by atoms with Crippen molar-refractivity contribution in [3.63, 3.8) is 0 Å². The van der Waals surface area contributed by atoms with Crippen LogP contribution in [-0.4, -0.2) is 23.5 Å². The Kier molecular flexibility index (Phi) is 4.20. The standard InChI is InChI=1S/C18H18N2O4/c1-12-3-7-16(8-4-12)24-13(2)18(21)19-10-9-14-5-6-15(20(22)23)11-17(14)19/h3-8,11,13H,9-10H2,1-2H3/t13-/m1/s1. The molecule has 0 N–H and O–H groups in total. The predicted molar refractivity (Wildman–Crippen MR) is 90.4 cm³/mol. The van der Waals surface area contributed by atoms with Crippen molar-refractivity contribution in [1.29, 1.82) is 0 Å². The molecule has 0 aromatic heterocycles. The van der Waals surface area contributed by atoms with E-state index in [0.29, 0.717) is 24.4 Å². The molecule has 0 aliphatic carbocycles. The van der Waals surface area contributed by atoms with Crippen molar-refractivity contribution in [2.75, 3.05) is 11.4 Å². The predicted octanol–water partition coefficient (Wildman–Crippen LogP) is 3.26. The number of nitro groups is 1. The molecule has 0 bridgehead atoms. The van der Waals surface area contributed by atoms with Gasteiger partial charge >= 0.3 is 0 Å². The summed E-state index contributed by atoms with van der Waals surface area (Å²) in [6.45, 7) is 4.18. The zero-order chi connectivity index (χ0) is 17.3. The van der Waals surface area contributed by atoms with Gasteiger partial charge in [0.05, 0.1) is 10.6 Å². The Morgan fingerprint density at radius 3 is 2.62 bits per heavy atom. The fraction of sp³-hybridized carbons (Fsp3) is 0.278. The molecule has 124 valence electrons. The Balaban J connectivity index is 1.78. The Hall–Kier alpha value is -2.89. The second-order valence-corrected chi connectivity index (χ2v) is 5.88. The number of nitro benzene ring substituents is 1. The van der Waals surface area contributed by atoms with Gasteiger partial charge in [-0.2, -0.15) is 0 Å². The summed E-state index contributed by atoms with van der Waals surface area (Å²) in [7, 11) is 0. The van der Waals surface area contributed by atoms with E-state index >= 15 is 0 Å². The van der Waals surface area contributed by atoms with Crippen LogP contribution in [0.4, 0.5) is 11.4 Å². The van der Waals surface area contributed by atoms with E-state index in [9.17, 15) is 14.9 Å². The normalized spacial score (nSPS) is 14.2. The highest BCUT2D eigenvalue weighted by Crippen LogP contribution is 2.32. The number of amides is 1. The molecule has 2 aromatic carbocycles. The van der Waals surface area contributed by atoms with Crippen molar-refractivity contribution in [2.24, 2.45) is 0 Å². The van der Waals surface area contributed by atoms with E-state index in [1.807, 2.05) is 31.2 Å². The quantitative estimate of drug-likeness (QED) is 0.638. The van der Waals surface area contributed by atoms with Crippen LogP contribution >= 0.6 is 0 Å². The summed E-state index contributed by atoms with van der Waals surface area (Å²) in [6, 6.07) is 12.1. The molecule has 0 unspecified atom stereocenters. The van der Waals surface area contributed by atoms with Gasteiger partial charge < -0.3 is 9.64 Å². The molecule has 1 heterocycles. The van der Waals surface area contributed by atoms with Gasteiger partial charge in [0, 0.05) is 18.7 Å². The lowest BCUT2D eigenvalue weighted by Crippen LogP contribution is -2.39. The van der Waals surface area contributed by atoms with Gasteiger partial charge in [-0.05, 0) is 38.0 Å². The molecule has 3 rings (SSSR count). The topological polar surface area (TPSA) is 72.7 Å². The van der Waals surface area contributed by atoms with E-state index in [1.165, 1.54) is 12.1 Å². The minimum atomic E-state index is -0.669. The van der Waals surface area contributed by atoms with Crippen molar-refractivity contribution in [1.82, 2.24) is 0 Å². The Bertz CT molecular complexity index is 786. The number of ether oxygens (including phenoxy) is 1.